The van der Waals surface area contributed by atoms with Crippen molar-refractivity contribution in [2.45, 2.75) is 44.6 Å². The van der Waals surface area contributed by atoms with Crippen molar-refractivity contribution in [2.75, 3.05) is 13.7 Å². The topological polar surface area (TPSA) is 35.2 Å². The van der Waals surface area contributed by atoms with E-state index in [0.29, 0.717) is 0 Å². The highest BCUT2D eigenvalue weighted by molar-refractivity contribution is 7.12. The second-order valence-corrected chi connectivity index (χ2v) is 5.71. The summed E-state index contributed by atoms with van der Waals surface area (Å²) in [5, 5.41) is 0. The van der Waals surface area contributed by atoms with Gasteiger partial charge in [-0.05, 0) is 50.2 Å². The molecule has 0 spiro atoms. The second-order valence-electron chi connectivity index (χ2n) is 4.55. The number of rotatable bonds is 5. The summed E-state index contributed by atoms with van der Waals surface area (Å²) >= 11 is 1.94. The standard InChI is InChI=1S/C13H21NOS/c1-15-8-4-6-11(14)13-9-10-5-2-3-7-12(10)16-13/h9,11H,2-8,14H2,1H3. The van der Waals surface area contributed by atoms with Gasteiger partial charge in [-0.3, -0.25) is 0 Å². The molecule has 1 aliphatic carbocycles. The number of hydrogen-bond donors (Lipinski definition) is 1. The van der Waals surface area contributed by atoms with Crippen LogP contribution in [0.3, 0.4) is 0 Å². The van der Waals surface area contributed by atoms with E-state index in [1.807, 2.05) is 11.3 Å². The van der Waals surface area contributed by atoms with Crippen LogP contribution in [0.25, 0.3) is 0 Å². The molecule has 1 unspecified atom stereocenters. The molecule has 3 heteroatoms. The minimum absolute atomic E-state index is 0.214. The summed E-state index contributed by atoms with van der Waals surface area (Å²) in [5.74, 6) is 0. The fourth-order valence-electron chi connectivity index (χ4n) is 2.29. The molecule has 1 heterocycles. The average Bonchev–Trinajstić information content (AvgIpc) is 2.73. The van der Waals surface area contributed by atoms with Crippen LogP contribution >= 0.6 is 11.3 Å². The Morgan fingerprint density at radius 2 is 2.25 bits per heavy atom. The van der Waals surface area contributed by atoms with Gasteiger partial charge in [0.2, 0.25) is 0 Å². The molecule has 0 amide bonds. The number of nitrogens with two attached hydrogens (primary N) is 1. The van der Waals surface area contributed by atoms with Gasteiger partial charge in [0.15, 0.2) is 0 Å². The van der Waals surface area contributed by atoms with Gasteiger partial charge in [-0.15, -0.1) is 11.3 Å². The van der Waals surface area contributed by atoms with Gasteiger partial charge in [-0.25, -0.2) is 0 Å². The lowest BCUT2D eigenvalue weighted by Crippen LogP contribution is -2.09. The summed E-state index contributed by atoms with van der Waals surface area (Å²) in [6.45, 7) is 0.818. The second kappa shape index (κ2) is 5.80. The van der Waals surface area contributed by atoms with Crippen molar-refractivity contribution >= 4 is 11.3 Å². The third-order valence-electron chi connectivity index (χ3n) is 3.24. The largest absolute Gasteiger partial charge is 0.385 e. The van der Waals surface area contributed by atoms with Crippen LogP contribution in [0.4, 0.5) is 0 Å². The van der Waals surface area contributed by atoms with E-state index in [1.165, 1.54) is 30.6 Å². The van der Waals surface area contributed by atoms with Crippen molar-refractivity contribution < 1.29 is 4.74 Å². The number of aryl methyl sites for hydroxylation is 2. The Hall–Kier alpha value is -0.380. The molecule has 0 fully saturated rings. The molecule has 0 saturated heterocycles. The summed E-state index contributed by atoms with van der Waals surface area (Å²) in [6.07, 6.45) is 7.32. The molecule has 0 bridgehead atoms. The van der Waals surface area contributed by atoms with Gasteiger partial charge in [0.05, 0.1) is 0 Å². The molecule has 2 N–H and O–H groups in total. The van der Waals surface area contributed by atoms with Gasteiger partial charge >= 0.3 is 0 Å². The van der Waals surface area contributed by atoms with Crippen molar-refractivity contribution in [1.29, 1.82) is 0 Å². The molecule has 0 saturated carbocycles. The maximum absolute atomic E-state index is 6.20. The van der Waals surface area contributed by atoms with Crippen LogP contribution in [0.15, 0.2) is 6.07 Å². The molecule has 0 aromatic carbocycles. The first kappa shape index (κ1) is 12.1. The molecule has 90 valence electrons. The minimum Gasteiger partial charge on any atom is -0.385 e. The van der Waals surface area contributed by atoms with Crippen molar-refractivity contribution in [3.05, 3.63) is 21.4 Å². The van der Waals surface area contributed by atoms with Gasteiger partial charge in [0, 0.05) is 29.5 Å². The maximum atomic E-state index is 6.20. The van der Waals surface area contributed by atoms with Crippen LogP contribution in [-0.4, -0.2) is 13.7 Å². The number of methoxy groups -OCH3 is 1. The van der Waals surface area contributed by atoms with E-state index >= 15 is 0 Å². The normalized spacial score (nSPS) is 17.1. The molecular formula is C13H21NOS. The fraction of sp³-hybridized carbons (Fsp3) is 0.692. The molecule has 1 atom stereocenters. The van der Waals surface area contributed by atoms with E-state index < -0.39 is 0 Å². The highest BCUT2D eigenvalue weighted by atomic mass is 32.1. The predicted octanol–water partition coefficient (Wildman–Crippen LogP) is 3.05. The Morgan fingerprint density at radius 3 is 3.00 bits per heavy atom. The number of ether oxygens (including phenoxy) is 1. The summed E-state index contributed by atoms with van der Waals surface area (Å²) in [6, 6.07) is 2.56. The molecule has 0 radical (unpaired) electrons. The predicted molar refractivity (Wildman–Crippen MR) is 69.0 cm³/mol. The highest BCUT2D eigenvalue weighted by Gasteiger charge is 2.16. The molecule has 1 aromatic heterocycles. The zero-order valence-corrected chi connectivity index (χ0v) is 10.8. The number of thiophene rings is 1. The molecule has 2 rings (SSSR count). The first-order chi connectivity index (χ1) is 7.81. The van der Waals surface area contributed by atoms with E-state index in [0.717, 1.165) is 19.4 Å². The summed E-state index contributed by atoms with van der Waals surface area (Å²) in [5.41, 5.74) is 7.77. The Kier molecular flexibility index (Phi) is 4.38. The summed E-state index contributed by atoms with van der Waals surface area (Å²) in [7, 11) is 1.75. The van der Waals surface area contributed by atoms with Crippen molar-refractivity contribution in [2.24, 2.45) is 5.73 Å². The molecule has 2 nitrogen and oxygen atoms in total. The Bertz CT molecular complexity index is 311. The lowest BCUT2D eigenvalue weighted by molar-refractivity contribution is 0.190. The van der Waals surface area contributed by atoms with Gasteiger partial charge in [-0.2, -0.15) is 0 Å². The van der Waals surface area contributed by atoms with Crippen LogP contribution in [-0.2, 0) is 17.6 Å². The van der Waals surface area contributed by atoms with Crippen LogP contribution in [0.5, 0.6) is 0 Å². The quantitative estimate of drug-likeness (QED) is 0.802. The minimum atomic E-state index is 0.214. The van der Waals surface area contributed by atoms with E-state index in [-0.39, 0.29) is 6.04 Å². The average molecular weight is 239 g/mol. The van der Waals surface area contributed by atoms with Crippen molar-refractivity contribution in [3.63, 3.8) is 0 Å². The van der Waals surface area contributed by atoms with E-state index in [2.05, 4.69) is 6.07 Å². The highest BCUT2D eigenvalue weighted by Crippen LogP contribution is 2.33. The zero-order valence-electron chi connectivity index (χ0n) is 10.00. The van der Waals surface area contributed by atoms with Crippen LogP contribution in [0, 0.1) is 0 Å². The van der Waals surface area contributed by atoms with E-state index in [9.17, 15) is 0 Å². The molecule has 16 heavy (non-hydrogen) atoms. The van der Waals surface area contributed by atoms with Gasteiger partial charge in [0.25, 0.3) is 0 Å². The maximum Gasteiger partial charge on any atom is 0.0462 e. The molecule has 1 aliphatic rings. The van der Waals surface area contributed by atoms with Gasteiger partial charge in [0.1, 0.15) is 0 Å². The van der Waals surface area contributed by atoms with Crippen LogP contribution in [0.2, 0.25) is 0 Å². The van der Waals surface area contributed by atoms with E-state index in [1.54, 1.807) is 17.6 Å². The Labute approximate surface area is 102 Å². The Balaban J connectivity index is 1.95. The monoisotopic (exact) mass is 239 g/mol. The molecule has 0 aliphatic heterocycles. The SMILES string of the molecule is COCCCC(N)c1cc2c(s1)CCCC2. The van der Waals surface area contributed by atoms with Gasteiger partial charge < -0.3 is 10.5 Å². The van der Waals surface area contributed by atoms with Crippen LogP contribution in [0.1, 0.15) is 47.0 Å². The lowest BCUT2D eigenvalue weighted by atomic mass is 9.98. The fourth-order valence-corrected chi connectivity index (χ4v) is 3.58. The Morgan fingerprint density at radius 1 is 1.44 bits per heavy atom. The van der Waals surface area contributed by atoms with Crippen molar-refractivity contribution in [3.8, 4) is 0 Å². The molecular weight excluding hydrogens is 218 g/mol. The summed E-state index contributed by atoms with van der Waals surface area (Å²) < 4.78 is 5.06. The first-order valence-electron chi connectivity index (χ1n) is 6.17. The first-order valence-corrected chi connectivity index (χ1v) is 6.99. The third-order valence-corrected chi connectivity index (χ3v) is 4.61. The van der Waals surface area contributed by atoms with Crippen LogP contribution < -0.4 is 5.73 Å². The van der Waals surface area contributed by atoms with Crippen molar-refractivity contribution in [1.82, 2.24) is 0 Å². The number of fused-ring (bicyclic) bond motifs is 1. The van der Waals surface area contributed by atoms with E-state index in [4.69, 9.17) is 10.5 Å². The summed E-state index contributed by atoms with van der Waals surface area (Å²) in [4.78, 5) is 2.96. The molecule has 1 aromatic rings. The third kappa shape index (κ3) is 2.84. The smallest absolute Gasteiger partial charge is 0.0462 e. The lowest BCUT2D eigenvalue weighted by Gasteiger charge is -2.08. The number of hydrogen-bond acceptors (Lipinski definition) is 3. The van der Waals surface area contributed by atoms with Gasteiger partial charge in [-0.1, -0.05) is 0 Å². The zero-order chi connectivity index (χ0) is 11.4.